The molecule has 0 aliphatic heterocycles. The van der Waals surface area contributed by atoms with Crippen LogP contribution in [0, 0.1) is 6.92 Å². The SMILES string of the molecule is CCOC(=O)c1cc(-c2cc3cnccc3s2)n(-c2cccc(C)n2)n1. The summed E-state index contributed by atoms with van der Waals surface area (Å²) in [6.45, 7) is 4.00. The number of carbonyl (C=O) groups excluding carboxylic acids is 1. The summed E-state index contributed by atoms with van der Waals surface area (Å²) >= 11 is 1.62. The van der Waals surface area contributed by atoms with Gasteiger partial charge in [-0.15, -0.1) is 11.3 Å². The minimum Gasteiger partial charge on any atom is -0.461 e. The van der Waals surface area contributed by atoms with E-state index in [0.29, 0.717) is 12.4 Å². The van der Waals surface area contributed by atoms with Gasteiger partial charge in [0.1, 0.15) is 0 Å². The Morgan fingerprint density at radius 3 is 2.92 bits per heavy atom. The molecular formula is C19H16N4O2S. The molecule has 7 heteroatoms. The van der Waals surface area contributed by atoms with Crippen LogP contribution in [0.25, 0.3) is 26.5 Å². The van der Waals surface area contributed by atoms with Crippen LogP contribution < -0.4 is 0 Å². The number of pyridine rings is 2. The summed E-state index contributed by atoms with van der Waals surface area (Å²) in [5.41, 5.74) is 1.94. The molecular weight excluding hydrogens is 348 g/mol. The van der Waals surface area contributed by atoms with Crippen LogP contribution >= 0.6 is 11.3 Å². The third-order valence-electron chi connectivity index (χ3n) is 3.85. The molecule has 0 saturated heterocycles. The van der Waals surface area contributed by atoms with Crippen molar-refractivity contribution in [1.82, 2.24) is 19.7 Å². The standard InChI is InChI=1S/C19H16N4O2S/c1-3-25-19(24)14-10-15(17-9-13-11-20-8-7-16(13)26-17)23(22-14)18-6-4-5-12(2)21-18/h4-11H,3H2,1-2H3. The molecule has 0 saturated carbocycles. The molecule has 6 nitrogen and oxygen atoms in total. The first-order valence-corrected chi connectivity index (χ1v) is 9.02. The van der Waals surface area contributed by atoms with Crippen LogP contribution in [-0.4, -0.2) is 32.3 Å². The molecule has 0 bridgehead atoms. The number of aryl methyl sites for hydroxylation is 1. The normalized spacial score (nSPS) is 11.0. The number of esters is 1. The summed E-state index contributed by atoms with van der Waals surface area (Å²) in [5.74, 6) is 0.217. The number of nitrogens with zero attached hydrogens (tertiary/aromatic N) is 4. The Hall–Kier alpha value is -3.06. The van der Waals surface area contributed by atoms with Crippen LogP contribution in [0.15, 0.2) is 48.8 Å². The number of hydrogen-bond donors (Lipinski definition) is 0. The summed E-state index contributed by atoms with van der Waals surface area (Å²) in [5, 5.41) is 5.51. The first-order valence-electron chi connectivity index (χ1n) is 8.21. The lowest BCUT2D eigenvalue weighted by molar-refractivity contribution is 0.0519. The van der Waals surface area contributed by atoms with Gasteiger partial charge in [0, 0.05) is 34.2 Å². The predicted molar refractivity (Wildman–Crippen MR) is 101 cm³/mol. The molecule has 130 valence electrons. The highest BCUT2D eigenvalue weighted by atomic mass is 32.1. The van der Waals surface area contributed by atoms with Crippen molar-refractivity contribution in [2.45, 2.75) is 13.8 Å². The van der Waals surface area contributed by atoms with Crippen molar-refractivity contribution in [3.8, 4) is 16.4 Å². The quantitative estimate of drug-likeness (QED) is 0.511. The zero-order chi connectivity index (χ0) is 18.1. The van der Waals surface area contributed by atoms with Gasteiger partial charge >= 0.3 is 5.97 Å². The lowest BCUT2D eigenvalue weighted by atomic mass is 10.2. The molecule has 26 heavy (non-hydrogen) atoms. The lowest BCUT2D eigenvalue weighted by Crippen LogP contribution is -2.07. The Morgan fingerprint density at radius 1 is 1.27 bits per heavy atom. The fourth-order valence-electron chi connectivity index (χ4n) is 2.69. The van der Waals surface area contributed by atoms with Crippen LogP contribution in [0.3, 0.4) is 0 Å². The highest BCUT2D eigenvalue weighted by Crippen LogP contribution is 2.34. The summed E-state index contributed by atoms with van der Waals surface area (Å²) in [6.07, 6.45) is 3.60. The number of fused-ring (bicyclic) bond motifs is 1. The first kappa shape index (κ1) is 16.4. The molecule has 0 amide bonds. The average Bonchev–Trinajstić information content (AvgIpc) is 3.26. The van der Waals surface area contributed by atoms with Gasteiger partial charge in [-0.05, 0) is 38.1 Å². The molecule has 0 aromatic carbocycles. The Morgan fingerprint density at radius 2 is 2.15 bits per heavy atom. The largest absolute Gasteiger partial charge is 0.461 e. The van der Waals surface area contributed by atoms with E-state index in [4.69, 9.17) is 4.74 Å². The predicted octanol–water partition coefficient (Wildman–Crippen LogP) is 4.03. The van der Waals surface area contributed by atoms with E-state index in [1.807, 2.05) is 43.5 Å². The fraction of sp³-hybridized carbons (Fsp3) is 0.158. The number of rotatable bonds is 4. The molecule has 0 aliphatic carbocycles. The van der Waals surface area contributed by atoms with Crippen molar-refractivity contribution < 1.29 is 9.53 Å². The topological polar surface area (TPSA) is 69.9 Å². The Bertz CT molecular complexity index is 1070. The monoisotopic (exact) mass is 364 g/mol. The van der Waals surface area contributed by atoms with E-state index >= 15 is 0 Å². The molecule has 0 aliphatic rings. The molecule has 0 fully saturated rings. The summed E-state index contributed by atoms with van der Waals surface area (Å²) in [6, 6.07) is 11.5. The first-order chi connectivity index (χ1) is 12.7. The minimum absolute atomic E-state index is 0.265. The Balaban J connectivity index is 1.90. The van der Waals surface area contributed by atoms with Gasteiger partial charge in [0.15, 0.2) is 11.5 Å². The number of aromatic nitrogens is 4. The van der Waals surface area contributed by atoms with Gasteiger partial charge in [0.25, 0.3) is 0 Å². The van der Waals surface area contributed by atoms with Crippen molar-refractivity contribution in [3.63, 3.8) is 0 Å². The van der Waals surface area contributed by atoms with Crippen LogP contribution in [0.1, 0.15) is 23.1 Å². The van der Waals surface area contributed by atoms with E-state index in [1.165, 1.54) is 0 Å². The number of thiophene rings is 1. The maximum absolute atomic E-state index is 12.2. The zero-order valence-corrected chi connectivity index (χ0v) is 15.2. The number of carbonyl (C=O) groups is 1. The van der Waals surface area contributed by atoms with Crippen LogP contribution in [-0.2, 0) is 4.74 Å². The van der Waals surface area contributed by atoms with Gasteiger partial charge in [-0.25, -0.2) is 14.5 Å². The van der Waals surface area contributed by atoms with Gasteiger partial charge in [-0.3, -0.25) is 4.98 Å². The molecule has 0 unspecified atom stereocenters. The molecule has 0 spiro atoms. The maximum Gasteiger partial charge on any atom is 0.358 e. The number of hydrogen-bond acceptors (Lipinski definition) is 6. The van der Waals surface area contributed by atoms with Crippen molar-refractivity contribution >= 4 is 27.4 Å². The third kappa shape index (κ3) is 2.97. The van der Waals surface area contributed by atoms with Gasteiger partial charge in [-0.2, -0.15) is 5.10 Å². The van der Waals surface area contributed by atoms with Gasteiger partial charge in [0.05, 0.1) is 17.2 Å². The van der Waals surface area contributed by atoms with E-state index < -0.39 is 5.97 Å². The second-order valence-corrected chi connectivity index (χ2v) is 6.79. The van der Waals surface area contributed by atoms with Crippen LogP contribution in [0.4, 0.5) is 0 Å². The smallest absolute Gasteiger partial charge is 0.358 e. The average molecular weight is 364 g/mol. The van der Waals surface area contributed by atoms with E-state index in [9.17, 15) is 4.79 Å². The highest BCUT2D eigenvalue weighted by Gasteiger charge is 2.19. The van der Waals surface area contributed by atoms with E-state index in [2.05, 4.69) is 15.1 Å². The van der Waals surface area contributed by atoms with E-state index in [-0.39, 0.29) is 5.69 Å². The van der Waals surface area contributed by atoms with Gasteiger partial charge in [0.2, 0.25) is 0 Å². The molecule has 0 radical (unpaired) electrons. The van der Waals surface area contributed by atoms with Crippen LogP contribution in [0.2, 0.25) is 0 Å². The highest BCUT2D eigenvalue weighted by molar-refractivity contribution is 7.22. The molecule has 4 heterocycles. The van der Waals surface area contributed by atoms with Crippen molar-refractivity contribution in [1.29, 1.82) is 0 Å². The van der Waals surface area contributed by atoms with Crippen LogP contribution in [0.5, 0.6) is 0 Å². The van der Waals surface area contributed by atoms with Gasteiger partial charge < -0.3 is 4.74 Å². The number of ether oxygens (including phenoxy) is 1. The lowest BCUT2D eigenvalue weighted by Gasteiger charge is -2.05. The molecule has 4 aromatic heterocycles. The molecule has 0 atom stereocenters. The third-order valence-corrected chi connectivity index (χ3v) is 4.99. The summed E-state index contributed by atoms with van der Waals surface area (Å²) in [4.78, 5) is 21.9. The summed E-state index contributed by atoms with van der Waals surface area (Å²) in [7, 11) is 0. The fourth-order valence-corrected chi connectivity index (χ4v) is 3.72. The van der Waals surface area contributed by atoms with Gasteiger partial charge in [-0.1, -0.05) is 6.07 Å². The molecule has 0 N–H and O–H groups in total. The molecule has 4 rings (SSSR count). The maximum atomic E-state index is 12.2. The van der Waals surface area contributed by atoms with Crippen molar-refractivity contribution in [3.05, 3.63) is 60.2 Å². The minimum atomic E-state index is -0.442. The molecule has 4 aromatic rings. The Labute approximate surface area is 154 Å². The van der Waals surface area contributed by atoms with E-state index in [1.54, 1.807) is 35.2 Å². The second kappa shape index (κ2) is 6.68. The van der Waals surface area contributed by atoms with Crippen molar-refractivity contribution in [2.75, 3.05) is 6.61 Å². The van der Waals surface area contributed by atoms with E-state index in [0.717, 1.165) is 26.4 Å². The summed E-state index contributed by atoms with van der Waals surface area (Å²) < 4.78 is 7.92. The Kier molecular flexibility index (Phi) is 4.22. The zero-order valence-electron chi connectivity index (χ0n) is 14.3. The van der Waals surface area contributed by atoms with Crippen molar-refractivity contribution in [2.24, 2.45) is 0 Å². The second-order valence-electron chi connectivity index (χ2n) is 5.71.